The van der Waals surface area contributed by atoms with Crippen LogP contribution < -0.4 is 10.2 Å². The van der Waals surface area contributed by atoms with E-state index in [1.807, 2.05) is 58.0 Å². The lowest BCUT2D eigenvalue weighted by Gasteiger charge is -2.32. The summed E-state index contributed by atoms with van der Waals surface area (Å²) < 4.78 is 30.7. The smallest absolute Gasteiger partial charge is 0.494 e. The summed E-state index contributed by atoms with van der Waals surface area (Å²) >= 11 is 0. The Morgan fingerprint density at radius 2 is 1.46 bits per heavy atom. The van der Waals surface area contributed by atoms with Gasteiger partial charge in [0.15, 0.2) is 0 Å². The van der Waals surface area contributed by atoms with Crippen molar-refractivity contribution in [3.8, 4) is 5.75 Å². The Balaban J connectivity index is 1.89. The first-order valence-electron chi connectivity index (χ1n) is 8.68. The molecule has 3 rings (SSSR count). The van der Waals surface area contributed by atoms with Crippen molar-refractivity contribution in [1.82, 2.24) is 0 Å². The normalized spacial score (nSPS) is 18.5. The highest BCUT2D eigenvalue weighted by atomic mass is 19.1. The Morgan fingerprint density at radius 3 is 2.04 bits per heavy atom. The molecule has 26 heavy (non-hydrogen) atoms. The standard InChI is InChI=1S/C21H24BFO3/c1-20(2)21(3,4)26-22(25-20)17-12-16(13-19(14-17)24-5)7-6-15-8-10-18(23)11-9-15/h6-14H,1-5H3/b7-6+. The van der Waals surface area contributed by atoms with Crippen LogP contribution in [0.15, 0.2) is 42.5 Å². The summed E-state index contributed by atoms with van der Waals surface area (Å²) in [4.78, 5) is 0. The number of ether oxygens (including phenoxy) is 1. The lowest BCUT2D eigenvalue weighted by Crippen LogP contribution is -2.41. The molecule has 1 aliphatic heterocycles. The van der Waals surface area contributed by atoms with Crippen LogP contribution in [0.3, 0.4) is 0 Å². The fourth-order valence-corrected chi connectivity index (χ4v) is 2.74. The average molecular weight is 354 g/mol. The molecule has 1 aliphatic rings. The predicted octanol–water partition coefficient (Wildman–Crippen LogP) is 4.30. The van der Waals surface area contributed by atoms with Crippen molar-refractivity contribution in [3.05, 3.63) is 59.4 Å². The third-order valence-corrected chi connectivity index (χ3v) is 5.05. The minimum atomic E-state index is -0.451. The molecule has 1 saturated heterocycles. The number of rotatable bonds is 4. The molecular weight excluding hydrogens is 330 g/mol. The third kappa shape index (κ3) is 3.84. The zero-order valence-electron chi connectivity index (χ0n) is 15.9. The fourth-order valence-electron chi connectivity index (χ4n) is 2.74. The molecule has 0 amide bonds. The van der Waals surface area contributed by atoms with Crippen molar-refractivity contribution in [2.24, 2.45) is 0 Å². The van der Waals surface area contributed by atoms with Gasteiger partial charge in [0.25, 0.3) is 0 Å². The van der Waals surface area contributed by atoms with Gasteiger partial charge in [0.1, 0.15) is 11.6 Å². The molecule has 0 bridgehead atoms. The molecule has 0 spiro atoms. The summed E-state index contributed by atoms with van der Waals surface area (Å²) in [5, 5.41) is 0. The first-order chi connectivity index (χ1) is 12.2. The van der Waals surface area contributed by atoms with E-state index in [-0.39, 0.29) is 5.82 Å². The van der Waals surface area contributed by atoms with Crippen LogP contribution in [0.2, 0.25) is 0 Å². The van der Waals surface area contributed by atoms with Crippen LogP contribution in [0, 0.1) is 5.82 Å². The molecule has 0 aliphatic carbocycles. The van der Waals surface area contributed by atoms with Crippen LogP contribution in [-0.4, -0.2) is 25.4 Å². The van der Waals surface area contributed by atoms with Gasteiger partial charge in [-0.1, -0.05) is 30.4 Å². The third-order valence-electron chi connectivity index (χ3n) is 5.05. The molecule has 1 fully saturated rings. The Labute approximate surface area is 154 Å². The van der Waals surface area contributed by atoms with Crippen LogP contribution in [0.1, 0.15) is 38.8 Å². The first-order valence-corrected chi connectivity index (χ1v) is 8.68. The Morgan fingerprint density at radius 1 is 0.885 bits per heavy atom. The molecule has 2 aromatic rings. The molecule has 5 heteroatoms. The number of hydrogen-bond acceptors (Lipinski definition) is 3. The number of halogens is 1. The first kappa shape index (κ1) is 18.7. The molecule has 2 aromatic carbocycles. The Bertz CT molecular complexity index is 797. The minimum absolute atomic E-state index is 0.244. The number of methoxy groups -OCH3 is 1. The van der Waals surface area contributed by atoms with E-state index in [0.29, 0.717) is 0 Å². The van der Waals surface area contributed by atoms with Gasteiger partial charge in [0.2, 0.25) is 0 Å². The van der Waals surface area contributed by atoms with Gasteiger partial charge in [-0.15, -0.1) is 0 Å². The second-order valence-electron chi connectivity index (χ2n) is 7.51. The van der Waals surface area contributed by atoms with Crippen molar-refractivity contribution in [3.63, 3.8) is 0 Å². The molecule has 1 heterocycles. The highest BCUT2D eigenvalue weighted by molar-refractivity contribution is 6.62. The zero-order valence-corrected chi connectivity index (χ0v) is 15.9. The van der Waals surface area contributed by atoms with E-state index in [0.717, 1.165) is 22.3 Å². The summed E-state index contributed by atoms with van der Waals surface area (Å²) in [6.07, 6.45) is 3.90. The average Bonchev–Trinajstić information content (AvgIpc) is 2.82. The lowest BCUT2D eigenvalue weighted by atomic mass is 9.78. The van der Waals surface area contributed by atoms with Gasteiger partial charge in [-0.3, -0.25) is 0 Å². The van der Waals surface area contributed by atoms with Gasteiger partial charge in [-0.25, -0.2) is 4.39 Å². The zero-order chi connectivity index (χ0) is 18.9. The molecule has 0 radical (unpaired) electrons. The van der Waals surface area contributed by atoms with Gasteiger partial charge in [-0.05, 0) is 68.6 Å². The monoisotopic (exact) mass is 354 g/mol. The highest BCUT2D eigenvalue weighted by Crippen LogP contribution is 2.36. The topological polar surface area (TPSA) is 27.7 Å². The molecular formula is C21H24BFO3. The van der Waals surface area contributed by atoms with Crippen LogP contribution in [0.5, 0.6) is 5.75 Å². The van der Waals surface area contributed by atoms with E-state index >= 15 is 0 Å². The summed E-state index contributed by atoms with van der Waals surface area (Å²) in [7, 11) is 1.18. The molecule has 136 valence electrons. The summed E-state index contributed by atoms with van der Waals surface area (Å²) in [6, 6.07) is 12.3. The van der Waals surface area contributed by atoms with Crippen molar-refractivity contribution in [2.45, 2.75) is 38.9 Å². The van der Waals surface area contributed by atoms with Crippen LogP contribution >= 0.6 is 0 Å². The van der Waals surface area contributed by atoms with Gasteiger partial charge in [0.05, 0.1) is 18.3 Å². The van der Waals surface area contributed by atoms with Crippen molar-refractivity contribution in [1.29, 1.82) is 0 Å². The minimum Gasteiger partial charge on any atom is -0.497 e. The largest absolute Gasteiger partial charge is 0.497 e. The quantitative estimate of drug-likeness (QED) is 0.605. The maximum atomic E-state index is 13.0. The second-order valence-corrected chi connectivity index (χ2v) is 7.51. The van der Waals surface area contributed by atoms with Gasteiger partial charge in [0, 0.05) is 0 Å². The van der Waals surface area contributed by atoms with Crippen molar-refractivity contribution >= 4 is 24.7 Å². The molecule has 0 N–H and O–H groups in total. The van der Waals surface area contributed by atoms with E-state index < -0.39 is 18.3 Å². The summed E-state index contributed by atoms with van der Waals surface area (Å²) in [6.45, 7) is 8.12. The maximum Gasteiger partial charge on any atom is 0.494 e. The number of hydrogen-bond donors (Lipinski definition) is 0. The van der Waals surface area contributed by atoms with E-state index in [9.17, 15) is 4.39 Å². The maximum absolute atomic E-state index is 13.0. The second kappa shape index (κ2) is 6.90. The van der Waals surface area contributed by atoms with Crippen molar-refractivity contribution in [2.75, 3.05) is 7.11 Å². The van der Waals surface area contributed by atoms with Crippen molar-refractivity contribution < 1.29 is 18.4 Å². The van der Waals surface area contributed by atoms with Gasteiger partial charge >= 0.3 is 7.12 Å². The molecule has 0 unspecified atom stereocenters. The highest BCUT2D eigenvalue weighted by Gasteiger charge is 2.51. The van der Waals surface area contributed by atoms with Gasteiger partial charge < -0.3 is 14.0 Å². The van der Waals surface area contributed by atoms with Crippen LogP contribution in [-0.2, 0) is 9.31 Å². The Hall–Kier alpha value is -2.11. The molecule has 0 saturated carbocycles. The van der Waals surface area contributed by atoms with E-state index in [2.05, 4.69) is 0 Å². The fraction of sp³-hybridized carbons (Fsp3) is 0.333. The lowest BCUT2D eigenvalue weighted by molar-refractivity contribution is 0.00578. The number of benzene rings is 2. The van der Waals surface area contributed by atoms with E-state index in [1.54, 1.807) is 19.2 Å². The Kier molecular flexibility index (Phi) is 4.95. The molecule has 0 atom stereocenters. The van der Waals surface area contributed by atoms with Crippen LogP contribution in [0.25, 0.3) is 12.2 Å². The van der Waals surface area contributed by atoms with Gasteiger partial charge in [-0.2, -0.15) is 0 Å². The summed E-state index contributed by atoms with van der Waals surface area (Å²) in [5.74, 6) is 0.488. The summed E-state index contributed by atoms with van der Waals surface area (Å²) in [5.41, 5.74) is 1.99. The van der Waals surface area contributed by atoms with E-state index in [1.165, 1.54) is 12.1 Å². The SMILES string of the molecule is COc1cc(/C=C/c2ccc(F)cc2)cc(B2OC(C)(C)C(C)(C)O2)c1. The van der Waals surface area contributed by atoms with Crippen LogP contribution in [0.4, 0.5) is 4.39 Å². The predicted molar refractivity (Wildman–Crippen MR) is 104 cm³/mol. The van der Waals surface area contributed by atoms with E-state index in [4.69, 9.17) is 14.0 Å². The molecule has 0 aromatic heterocycles. The molecule has 3 nitrogen and oxygen atoms in total.